The predicted octanol–water partition coefficient (Wildman–Crippen LogP) is 1.39. The average Bonchev–Trinajstić information content (AvgIpc) is 2.48. The summed E-state index contributed by atoms with van der Waals surface area (Å²) in [5.74, 6) is -0.883. The van der Waals surface area contributed by atoms with Gasteiger partial charge in [0.15, 0.2) is 5.78 Å². The molecule has 0 spiro atoms. The zero-order chi connectivity index (χ0) is 9.42. The minimum absolute atomic E-state index is 0.0127. The summed E-state index contributed by atoms with van der Waals surface area (Å²) in [5.41, 5.74) is 0.790. The molecule has 1 saturated carbocycles. The zero-order valence-electron chi connectivity index (χ0n) is 7.32. The van der Waals surface area contributed by atoms with Crippen LogP contribution in [0.4, 0.5) is 0 Å². The van der Waals surface area contributed by atoms with Crippen molar-refractivity contribution in [1.82, 2.24) is 0 Å². The van der Waals surface area contributed by atoms with Crippen molar-refractivity contribution in [3.63, 3.8) is 0 Å². The molecular formula is C10H12O3. The van der Waals surface area contributed by atoms with Crippen LogP contribution in [-0.2, 0) is 9.59 Å². The van der Waals surface area contributed by atoms with Gasteiger partial charge in [0.1, 0.15) is 0 Å². The van der Waals surface area contributed by atoms with Crippen LogP contribution >= 0.6 is 0 Å². The summed E-state index contributed by atoms with van der Waals surface area (Å²) in [4.78, 5) is 22.2. The maximum atomic E-state index is 11.3. The van der Waals surface area contributed by atoms with Crippen LogP contribution in [0.3, 0.4) is 0 Å². The largest absolute Gasteiger partial charge is 0.481 e. The van der Waals surface area contributed by atoms with E-state index in [2.05, 4.69) is 0 Å². The molecule has 0 unspecified atom stereocenters. The van der Waals surface area contributed by atoms with Crippen LogP contribution < -0.4 is 0 Å². The molecule has 0 aliphatic heterocycles. The Morgan fingerprint density at radius 2 is 2.23 bits per heavy atom. The van der Waals surface area contributed by atoms with Crippen molar-refractivity contribution < 1.29 is 14.7 Å². The van der Waals surface area contributed by atoms with Crippen LogP contribution in [0, 0.1) is 11.8 Å². The highest BCUT2D eigenvalue weighted by atomic mass is 16.4. The molecule has 0 heterocycles. The van der Waals surface area contributed by atoms with E-state index in [0.717, 1.165) is 18.4 Å². The number of aliphatic carboxylic acids is 1. The first-order chi connectivity index (χ1) is 6.20. The number of Topliss-reactive ketones (excluding diaryl/α,β-unsaturated/α-hetero) is 1. The van der Waals surface area contributed by atoms with E-state index in [-0.39, 0.29) is 17.6 Å². The number of allylic oxidation sites excluding steroid dienone is 2. The summed E-state index contributed by atoms with van der Waals surface area (Å²) in [7, 11) is 0. The molecule has 2 rings (SSSR count). The fraction of sp³-hybridized carbons (Fsp3) is 0.600. The van der Waals surface area contributed by atoms with Crippen molar-refractivity contribution in [2.45, 2.75) is 25.7 Å². The Bertz CT molecular complexity index is 291. The first-order valence-corrected chi connectivity index (χ1v) is 4.66. The van der Waals surface area contributed by atoms with Gasteiger partial charge in [0.05, 0.1) is 5.92 Å². The minimum Gasteiger partial charge on any atom is -0.481 e. The Morgan fingerprint density at radius 3 is 2.92 bits per heavy atom. The fourth-order valence-electron chi connectivity index (χ4n) is 2.39. The van der Waals surface area contributed by atoms with Gasteiger partial charge < -0.3 is 5.11 Å². The number of carbonyl (C=O) groups is 2. The van der Waals surface area contributed by atoms with Crippen LogP contribution in [0.1, 0.15) is 25.7 Å². The maximum Gasteiger partial charge on any atom is 0.307 e. The maximum absolute atomic E-state index is 11.3. The smallest absolute Gasteiger partial charge is 0.307 e. The third kappa shape index (κ3) is 1.28. The number of carbonyl (C=O) groups excluding carboxylic acids is 1. The second kappa shape index (κ2) is 2.98. The van der Waals surface area contributed by atoms with Gasteiger partial charge in [-0.15, -0.1) is 0 Å². The van der Waals surface area contributed by atoms with Gasteiger partial charge in [0.25, 0.3) is 0 Å². The summed E-state index contributed by atoms with van der Waals surface area (Å²) >= 11 is 0. The third-order valence-corrected chi connectivity index (χ3v) is 3.05. The number of fused-ring (bicyclic) bond motifs is 1. The quantitative estimate of drug-likeness (QED) is 0.663. The number of hydrogen-bond acceptors (Lipinski definition) is 2. The molecule has 13 heavy (non-hydrogen) atoms. The molecule has 3 nitrogen and oxygen atoms in total. The van der Waals surface area contributed by atoms with Crippen LogP contribution in [0.25, 0.3) is 0 Å². The predicted molar refractivity (Wildman–Crippen MR) is 46.2 cm³/mol. The summed E-state index contributed by atoms with van der Waals surface area (Å²) < 4.78 is 0. The Kier molecular flexibility index (Phi) is 1.94. The average molecular weight is 180 g/mol. The third-order valence-electron chi connectivity index (χ3n) is 3.05. The lowest BCUT2D eigenvalue weighted by atomic mass is 9.80. The van der Waals surface area contributed by atoms with E-state index in [0.29, 0.717) is 12.8 Å². The number of ketones is 1. The first-order valence-electron chi connectivity index (χ1n) is 4.66. The van der Waals surface area contributed by atoms with Crippen molar-refractivity contribution in [3.05, 3.63) is 11.6 Å². The van der Waals surface area contributed by atoms with Gasteiger partial charge in [-0.1, -0.05) is 6.08 Å². The SMILES string of the molecule is O=C1CC[C@H]2C1=CCC[C@H]2C(=O)O. The molecule has 1 fully saturated rings. The molecule has 1 N–H and O–H groups in total. The van der Waals surface area contributed by atoms with Crippen molar-refractivity contribution in [3.8, 4) is 0 Å². The van der Waals surface area contributed by atoms with Crippen LogP contribution in [0.15, 0.2) is 11.6 Å². The Morgan fingerprint density at radius 1 is 1.46 bits per heavy atom. The Hall–Kier alpha value is -1.12. The molecule has 0 radical (unpaired) electrons. The second-order valence-corrected chi connectivity index (χ2v) is 3.75. The molecule has 2 aliphatic carbocycles. The lowest BCUT2D eigenvalue weighted by Crippen LogP contribution is -2.26. The minimum atomic E-state index is -0.745. The van der Waals surface area contributed by atoms with Gasteiger partial charge in [0.2, 0.25) is 0 Å². The molecule has 2 atom stereocenters. The standard InChI is InChI=1S/C10H12O3/c11-9-5-4-6-7(9)2-1-3-8(6)10(12)13/h2,6,8H,1,3-5H2,(H,12,13)/t6-,8+/m0/s1. The molecule has 3 heteroatoms. The molecular weight excluding hydrogens is 168 g/mol. The van der Waals surface area contributed by atoms with Gasteiger partial charge in [-0.2, -0.15) is 0 Å². The summed E-state index contributed by atoms with van der Waals surface area (Å²) in [6.07, 6.45) is 4.65. The van der Waals surface area contributed by atoms with Crippen LogP contribution in [0.5, 0.6) is 0 Å². The highest BCUT2D eigenvalue weighted by molar-refractivity contribution is 5.99. The molecule has 0 aromatic heterocycles. The van der Waals surface area contributed by atoms with Crippen molar-refractivity contribution in [2.24, 2.45) is 11.8 Å². The van der Waals surface area contributed by atoms with E-state index >= 15 is 0 Å². The molecule has 0 amide bonds. The molecule has 0 aromatic rings. The van der Waals surface area contributed by atoms with E-state index < -0.39 is 5.97 Å². The molecule has 2 aliphatic rings. The van der Waals surface area contributed by atoms with Crippen molar-refractivity contribution in [2.75, 3.05) is 0 Å². The summed E-state index contributed by atoms with van der Waals surface area (Å²) in [6.45, 7) is 0. The molecule has 0 aromatic carbocycles. The van der Waals surface area contributed by atoms with Gasteiger partial charge >= 0.3 is 5.97 Å². The highest BCUT2D eigenvalue weighted by Gasteiger charge is 2.39. The van der Waals surface area contributed by atoms with Gasteiger partial charge in [0, 0.05) is 12.3 Å². The normalized spacial score (nSPS) is 32.6. The summed E-state index contributed by atoms with van der Waals surface area (Å²) in [6, 6.07) is 0. The number of rotatable bonds is 1. The van der Waals surface area contributed by atoms with E-state index in [4.69, 9.17) is 5.11 Å². The Balaban J connectivity index is 2.26. The second-order valence-electron chi connectivity index (χ2n) is 3.75. The Labute approximate surface area is 76.4 Å². The van der Waals surface area contributed by atoms with Gasteiger partial charge in [-0.3, -0.25) is 9.59 Å². The van der Waals surface area contributed by atoms with E-state index in [1.807, 2.05) is 6.08 Å². The molecule has 70 valence electrons. The van der Waals surface area contributed by atoms with Gasteiger partial charge in [-0.05, 0) is 24.8 Å². The first kappa shape index (κ1) is 8.48. The molecule has 0 bridgehead atoms. The molecule has 0 saturated heterocycles. The van der Waals surface area contributed by atoms with Crippen molar-refractivity contribution in [1.29, 1.82) is 0 Å². The van der Waals surface area contributed by atoms with E-state index in [1.54, 1.807) is 0 Å². The lowest BCUT2D eigenvalue weighted by Gasteiger charge is -2.23. The number of carboxylic acids is 1. The fourth-order valence-corrected chi connectivity index (χ4v) is 2.39. The summed E-state index contributed by atoms with van der Waals surface area (Å²) in [5, 5.41) is 8.93. The van der Waals surface area contributed by atoms with E-state index in [1.165, 1.54) is 0 Å². The highest BCUT2D eigenvalue weighted by Crippen LogP contribution is 2.39. The van der Waals surface area contributed by atoms with Crippen LogP contribution in [0.2, 0.25) is 0 Å². The lowest BCUT2D eigenvalue weighted by molar-refractivity contribution is -0.143. The van der Waals surface area contributed by atoms with Crippen LogP contribution in [-0.4, -0.2) is 16.9 Å². The topological polar surface area (TPSA) is 54.4 Å². The van der Waals surface area contributed by atoms with E-state index in [9.17, 15) is 9.59 Å². The monoisotopic (exact) mass is 180 g/mol. The van der Waals surface area contributed by atoms with Crippen molar-refractivity contribution >= 4 is 11.8 Å². The van der Waals surface area contributed by atoms with Gasteiger partial charge in [-0.25, -0.2) is 0 Å². The number of hydrogen-bond donors (Lipinski definition) is 1. The number of carboxylic acid groups (broad SMARTS) is 1. The zero-order valence-corrected chi connectivity index (χ0v) is 7.32.